The van der Waals surface area contributed by atoms with Crippen molar-refractivity contribution >= 4 is 17.8 Å². The van der Waals surface area contributed by atoms with Crippen LogP contribution >= 0.6 is 0 Å². The molecule has 2 atom stereocenters. The fourth-order valence-electron chi connectivity index (χ4n) is 2.72. The van der Waals surface area contributed by atoms with Gasteiger partial charge in [-0.3, -0.25) is 9.59 Å². The SMILES string of the molecule is CC(=O)N[C@@H](CCC(=O)O)C(=O)O.COc1cc2c(cc1OC)[C@@H](CN)C2.O. The predicted molar refractivity (Wildman–Crippen MR) is 101 cm³/mol. The van der Waals surface area contributed by atoms with Crippen LogP contribution in [0.3, 0.4) is 0 Å². The second-order valence-corrected chi connectivity index (χ2v) is 6.07. The van der Waals surface area contributed by atoms with Gasteiger partial charge >= 0.3 is 11.9 Å². The van der Waals surface area contributed by atoms with Gasteiger partial charge in [0.25, 0.3) is 0 Å². The third kappa shape index (κ3) is 7.05. The Morgan fingerprint density at radius 1 is 1.21 bits per heavy atom. The maximum atomic E-state index is 10.5. The van der Waals surface area contributed by atoms with Gasteiger partial charge in [0.15, 0.2) is 11.5 Å². The number of hydrogen-bond donors (Lipinski definition) is 4. The molecule has 10 nitrogen and oxygen atoms in total. The molecular weight excluding hydrogens is 372 g/mol. The van der Waals surface area contributed by atoms with Gasteiger partial charge in [-0.1, -0.05) is 0 Å². The molecular formula is C18H28N2O8. The highest BCUT2D eigenvalue weighted by Crippen LogP contribution is 2.41. The number of carbonyl (C=O) groups excluding carboxylic acids is 1. The van der Waals surface area contributed by atoms with E-state index in [0.717, 1.165) is 17.9 Å². The van der Waals surface area contributed by atoms with Crippen molar-refractivity contribution in [2.75, 3.05) is 20.8 Å². The fraction of sp³-hybridized carbons (Fsp3) is 0.500. The number of carboxylic acid groups (broad SMARTS) is 2. The van der Waals surface area contributed by atoms with Gasteiger partial charge in [0.05, 0.1) is 14.2 Å². The van der Waals surface area contributed by atoms with Crippen LogP contribution in [0.15, 0.2) is 12.1 Å². The lowest BCUT2D eigenvalue weighted by atomic mass is 9.77. The summed E-state index contributed by atoms with van der Waals surface area (Å²) in [6.07, 6.45) is 0.674. The Hall–Kier alpha value is -2.85. The molecule has 0 saturated heterocycles. The van der Waals surface area contributed by atoms with Crippen LogP contribution in [0, 0.1) is 0 Å². The molecule has 0 radical (unpaired) electrons. The van der Waals surface area contributed by atoms with Crippen molar-refractivity contribution in [3.8, 4) is 11.5 Å². The average molecular weight is 400 g/mol. The summed E-state index contributed by atoms with van der Waals surface area (Å²) in [6.45, 7) is 1.89. The van der Waals surface area contributed by atoms with E-state index >= 15 is 0 Å². The molecule has 0 spiro atoms. The number of nitrogens with one attached hydrogen (secondary N) is 1. The molecule has 1 amide bonds. The Bertz CT molecular complexity index is 692. The van der Waals surface area contributed by atoms with E-state index in [1.54, 1.807) is 14.2 Å². The lowest BCUT2D eigenvalue weighted by molar-refractivity contribution is -0.142. The minimum atomic E-state index is -1.23. The van der Waals surface area contributed by atoms with Crippen molar-refractivity contribution in [2.45, 2.75) is 38.1 Å². The Balaban J connectivity index is 0.000000505. The normalized spacial score (nSPS) is 14.6. The standard InChI is InChI=1S/C11H15NO2.C7H11NO5.H2O/c1-13-10-4-7-3-8(6-12)9(7)5-11(10)14-2;1-4(9)8-5(7(12)13)2-3-6(10)11;/h4-5,8H,3,6,12H2,1-2H3;5H,2-3H2,1H3,(H,8,9)(H,10,11)(H,12,13);1H2/t8-;5-;/m10./s1. The number of rotatable bonds is 8. The van der Waals surface area contributed by atoms with Crippen LogP contribution < -0.4 is 20.5 Å². The Kier molecular flexibility index (Phi) is 10.6. The summed E-state index contributed by atoms with van der Waals surface area (Å²) in [5, 5.41) is 18.9. The summed E-state index contributed by atoms with van der Waals surface area (Å²) in [6, 6.07) is 2.96. The topological polar surface area (TPSA) is 180 Å². The zero-order chi connectivity index (χ0) is 20.6. The van der Waals surface area contributed by atoms with E-state index in [2.05, 4.69) is 5.32 Å². The van der Waals surface area contributed by atoms with Crippen LogP contribution in [0.1, 0.15) is 36.8 Å². The van der Waals surface area contributed by atoms with Crippen molar-refractivity contribution in [1.29, 1.82) is 0 Å². The van der Waals surface area contributed by atoms with E-state index in [0.29, 0.717) is 12.5 Å². The van der Waals surface area contributed by atoms with E-state index in [1.165, 1.54) is 18.1 Å². The average Bonchev–Trinajstić information content (AvgIpc) is 2.59. The van der Waals surface area contributed by atoms with Crippen molar-refractivity contribution in [3.63, 3.8) is 0 Å². The van der Waals surface area contributed by atoms with E-state index < -0.39 is 23.9 Å². The Morgan fingerprint density at radius 3 is 2.21 bits per heavy atom. The highest BCUT2D eigenvalue weighted by atomic mass is 16.5. The molecule has 28 heavy (non-hydrogen) atoms. The largest absolute Gasteiger partial charge is 0.493 e. The molecule has 1 aliphatic carbocycles. The zero-order valence-corrected chi connectivity index (χ0v) is 16.2. The molecule has 1 aliphatic rings. The van der Waals surface area contributed by atoms with Crippen LogP contribution in [-0.2, 0) is 20.8 Å². The van der Waals surface area contributed by atoms with Gasteiger partial charge in [0.1, 0.15) is 6.04 Å². The molecule has 10 heteroatoms. The van der Waals surface area contributed by atoms with Crippen LogP contribution in [0.25, 0.3) is 0 Å². The van der Waals surface area contributed by atoms with Crippen molar-refractivity contribution in [2.24, 2.45) is 5.73 Å². The van der Waals surface area contributed by atoms with Gasteiger partial charge in [-0.2, -0.15) is 0 Å². The number of ether oxygens (including phenoxy) is 2. The molecule has 0 heterocycles. The Labute approximate surface area is 162 Å². The first-order valence-electron chi connectivity index (χ1n) is 8.40. The maximum absolute atomic E-state index is 10.5. The summed E-state index contributed by atoms with van der Waals surface area (Å²) in [4.78, 5) is 31.0. The van der Waals surface area contributed by atoms with Crippen molar-refractivity contribution < 1.29 is 39.5 Å². The number of nitrogens with two attached hydrogens (primary N) is 1. The zero-order valence-electron chi connectivity index (χ0n) is 16.2. The van der Waals surface area contributed by atoms with Gasteiger partial charge in [-0.05, 0) is 42.6 Å². The molecule has 1 aromatic rings. The second kappa shape index (κ2) is 11.8. The minimum absolute atomic E-state index is 0. The number of methoxy groups -OCH3 is 2. The first-order valence-corrected chi connectivity index (χ1v) is 8.40. The number of amides is 1. The molecule has 0 unspecified atom stereocenters. The number of carbonyl (C=O) groups is 3. The quantitative estimate of drug-likeness (QED) is 0.467. The lowest BCUT2D eigenvalue weighted by Gasteiger charge is -2.30. The number of hydrogen-bond acceptors (Lipinski definition) is 6. The molecule has 158 valence electrons. The van der Waals surface area contributed by atoms with Crippen LogP contribution in [0.5, 0.6) is 11.5 Å². The molecule has 0 aromatic heterocycles. The van der Waals surface area contributed by atoms with Gasteiger partial charge < -0.3 is 36.2 Å². The number of benzene rings is 1. The highest BCUT2D eigenvalue weighted by molar-refractivity contribution is 5.82. The first kappa shape index (κ1) is 25.1. The molecule has 1 aromatic carbocycles. The summed E-state index contributed by atoms with van der Waals surface area (Å²) in [7, 11) is 3.31. The van der Waals surface area contributed by atoms with Crippen molar-refractivity contribution in [3.05, 3.63) is 23.3 Å². The molecule has 0 fully saturated rings. The van der Waals surface area contributed by atoms with Crippen molar-refractivity contribution in [1.82, 2.24) is 5.32 Å². The third-order valence-corrected chi connectivity index (χ3v) is 4.16. The summed E-state index contributed by atoms with van der Waals surface area (Å²) >= 11 is 0. The summed E-state index contributed by atoms with van der Waals surface area (Å²) in [5.74, 6) is -0.693. The number of fused-ring (bicyclic) bond motifs is 1. The molecule has 0 saturated carbocycles. The highest BCUT2D eigenvalue weighted by Gasteiger charge is 2.27. The summed E-state index contributed by atoms with van der Waals surface area (Å²) < 4.78 is 10.5. The molecule has 7 N–H and O–H groups in total. The predicted octanol–water partition coefficient (Wildman–Crippen LogP) is -0.0820. The van der Waals surface area contributed by atoms with Gasteiger partial charge in [-0.15, -0.1) is 0 Å². The van der Waals surface area contributed by atoms with Crippen LogP contribution in [0.2, 0.25) is 0 Å². The monoisotopic (exact) mass is 400 g/mol. The third-order valence-electron chi connectivity index (χ3n) is 4.16. The van der Waals surface area contributed by atoms with Crippen LogP contribution in [-0.4, -0.2) is 60.3 Å². The van der Waals surface area contributed by atoms with Gasteiger partial charge in [0, 0.05) is 19.3 Å². The minimum Gasteiger partial charge on any atom is -0.493 e. The lowest BCUT2D eigenvalue weighted by Crippen LogP contribution is -2.39. The van der Waals surface area contributed by atoms with Crippen LogP contribution in [0.4, 0.5) is 0 Å². The van der Waals surface area contributed by atoms with E-state index in [4.69, 9.17) is 25.4 Å². The van der Waals surface area contributed by atoms with E-state index in [9.17, 15) is 14.4 Å². The number of aliphatic carboxylic acids is 2. The fourth-order valence-corrected chi connectivity index (χ4v) is 2.72. The van der Waals surface area contributed by atoms with E-state index in [-0.39, 0.29) is 18.3 Å². The smallest absolute Gasteiger partial charge is 0.326 e. The van der Waals surface area contributed by atoms with Gasteiger partial charge in [-0.25, -0.2) is 4.79 Å². The number of carboxylic acids is 2. The summed E-state index contributed by atoms with van der Waals surface area (Å²) in [5.41, 5.74) is 8.28. The first-order chi connectivity index (χ1) is 12.7. The van der Waals surface area contributed by atoms with E-state index in [1.807, 2.05) is 12.1 Å². The Morgan fingerprint density at radius 2 is 1.79 bits per heavy atom. The molecule has 0 aliphatic heterocycles. The second-order valence-electron chi connectivity index (χ2n) is 6.07. The van der Waals surface area contributed by atoms with Gasteiger partial charge in [0.2, 0.25) is 5.91 Å². The maximum Gasteiger partial charge on any atom is 0.326 e. The molecule has 2 rings (SSSR count). The molecule has 0 bridgehead atoms.